The average Bonchev–Trinajstić information content (AvgIpc) is 2.33. The Kier molecular flexibility index (Phi) is 3.00. The molecule has 1 aliphatic heterocycles. The second-order valence-corrected chi connectivity index (χ2v) is 4.72. The van der Waals surface area contributed by atoms with Gasteiger partial charge in [-0.1, -0.05) is 0 Å². The molecule has 3 N–H and O–H groups in total. The van der Waals surface area contributed by atoms with Crippen LogP contribution >= 0.6 is 0 Å². The van der Waals surface area contributed by atoms with E-state index in [0.717, 1.165) is 6.20 Å². The van der Waals surface area contributed by atoms with Crippen LogP contribution in [0.1, 0.15) is 13.8 Å². The molecular formula is C10H12N6O4. The van der Waals surface area contributed by atoms with Crippen molar-refractivity contribution in [3.63, 3.8) is 0 Å². The summed E-state index contributed by atoms with van der Waals surface area (Å²) in [7, 11) is 0. The number of imide groups is 1. The normalized spacial score (nSPS) is 17.8. The Morgan fingerprint density at radius 1 is 1.50 bits per heavy atom. The molecule has 1 aromatic rings. The topological polar surface area (TPSA) is 144 Å². The number of piperazine rings is 1. The molecule has 1 aliphatic rings. The number of nitrogens with two attached hydrogens (primary N) is 1. The van der Waals surface area contributed by atoms with Gasteiger partial charge in [0.2, 0.25) is 17.7 Å². The summed E-state index contributed by atoms with van der Waals surface area (Å²) in [5, 5.41) is 13.2. The number of aromatic nitrogens is 2. The number of amides is 2. The molecule has 1 aromatic heterocycles. The molecule has 1 saturated heterocycles. The number of rotatable bonds is 2. The van der Waals surface area contributed by atoms with E-state index in [4.69, 9.17) is 5.73 Å². The summed E-state index contributed by atoms with van der Waals surface area (Å²) in [6.45, 7) is 2.81. The van der Waals surface area contributed by atoms with Crippen molar-refractivity contribution in [2.45, 2.75) is 19.4 Å². The van der Waals surface area contributed by atoms with Gasteiger partial charge in [0.25, 0.3) is 5.91 Å². The number of carbonyl (C=O) groups is 2. The van der Waals surface area contributed by atoms with Crippen molar-refractivity contribution >= 4 is 29.3 Å². The lowest BCUT2D eigenvalue weighted by atomic mass is 9.98. The van der Waals surface area contributed by atoms with Crippen LogP contribution in [0.2, 0.25) is 0 Å². The lowest BCUT2D eigenvalue weighted by molar-refractivity contribution is -0.384. The summed E-state index contributed by atoms with van der Waals surface area (Å²) in [6, 6.07) is 0. The summed E-state index contributed by atoms with van der Waals surface area (Å²) in [6.07, 6.45) is 0.949. The molecule has 0 atom stereocenters. The minimum Gasteiger partial charge on any atom is -0.368 e. The van der Waals surface area contributed by atoms with E-state index < -0.39 is 28.0 Å². The maximum absolute atomic E-state index is 11.9. The summed E-state index contributed by atoms with van der Waals surface area (Å²) < 4.78 is 0. The first kappa shape index (κ1) is 13.6. The fraction of sp³-hybridized carbons (Fsp3) is 0.400. The number of nitrogens with zero attached hydrogens (tertiary/aromatic N) is 4. The predicted octanol–water partition coefficient (Wildman–Crippen LogP) is -0.792. The van der Waals surface area contributed by atoms with Gasteiger partial charge in [-0.3, -0.25) is 25.0 Å². The van der Waals surface area contributed by atoms with Crippen LogP contribution in [0.25, 0.3) is 0 Å². The zero-order valence-corrected chi connectivity index (χ0v) is 10.8. The zero-order chi connectivity index (χ0) is 15.1. The van der Waals surface area contributed by atoms with Crippen LogP contribution in [0.15, 0.2) is 6.20 Å². The van der Waals surface area contributed by atoms with E-state index in [1.807, 2.05) is 0 Å². The number of carbonyl (C=O) groups excluding carboxylic acids is 2. The van der Waals surface area contributed by atoms with E-state index in [1.54, 1.807) is 0 Å². The molecule has 10 heteroatoms. The first-order valence-electron chi connectivity index (χ1n) is 5.62. The average molecular weight is 280 g/mol. The maximum Gasteiger partial charge on any atom is 0.329 e. The number of nitro groups is 1. The molecule has 0 spiro atoms. The van der Waals surface area contributed by atoms with Crippen molar-refractivity contribution < 1.29 is 14.5 Å². The minimum absolute atomic E-state index is 0.157. The van der Waals surface area contributed by atoms with Gasteiger partial charge in [0.15, 0.2) is 0 Å². The molecule has 2 heterocycles. The molecule has 0 aliphatic carbocycles. The van der Waals surface area contributed by atoms with E-state index in [0.29, 0.717) is 0 Å². The fourth-order valence-corrected chi connectivity index (χ4v) is 1.83. The van der Waals surface area contributed by atoms with Gasteiger partial charge in [-0.2, -0.15) is 4.98 Å². The van der Waals surface area contributed by atoms with Crippen molar-refractivity contribution in [1.82, 2.24) is 15.3 Å². The van der Waals surface area contributed by atoms with Crippen molar-refractivity contribution in [2.75, 3.05) is 17.2 Å². The Morgan fingerprint density at radius 3 is 2.75 bits per heavy atom. The first-order chi connectivity index (χ1) is 9.23. The van der Waals surface area contributed by atoms with Gasteiger partial charge in [-0.15, -0.1) is 0 Å². The number of hydrogen-bond donors (Lipinski definition) is 2. The van der Waals surface area contributed by atoms with E-state index in [1.165, 1.54) is 18.7 Å². The highest BCUT2D eigenvalue weighted by molar-refractivity contribution is 6.06. The largest absolute Gasteiger partial charge is 0.368 e. The zero-order valence-electron chi connectivity index (χ0n) is 10.8. The Morgan fingerprint density at radius 2 is 2.15 bits per heavy atom. The second kappa shape index (κ2) is 4.40. The molecule has 0 bridgehead atoms. The highest BCUT2D eigenvalue weighted by Crippen LogP contribution is 2.32. The highest BCUT2D eigenvalue weighted by atomic mass is 16.6. The van der Waals surface area contributed by atoms with Crippen LogP contribution in [-0.4, -0.2) is 38.8 Å². The third-order valence-electron chi connectivity index (χ3n) is 3.01. The van der Waals surface area contributed by atoms with Gasteiger partial charge in [-0.25, -0.2) is 4.98 Å². The van der Waals surface area contributed by atoms with E-state index in [2.05, 4.69) is 15.3 Å². The molecule has 106 valence electrons. The Hall–Kier alpha value is -2.78. The Labute approximate surface area is 113 Å². The quantitative estimate of drug-likeness (QED) is 0.407. The molecule has 0 radical (unpaired) electrons. The van der Waals surface area contributed by atoms with Crippen LogP contribution < -0.4 is 16.0 Å². The summed E-state index contributed by atoms with van der Waals surface area (Å²) in [4.78, 5) is 42.3. The smallest absolute Gasteiger partial charge is 0.329 e. The van der Waals surface area contributed by atoms with E-state index in [9.17, 15) is 19.7 Å². The molecule has 2 rings (SSSR count). The van der Waals surface area contributed by atoms with Crippen LogP contribution in [0.3, 0.4) is 0 Å². The lowest BCUT2D eigenvalue weighted by Gasteiger charge is -2.40. The molecule has 0 saturated carbocycles. The summed E-state index contributed by atoms with van der Waals surface area (Å²) in [5.74, 6) is -1.48. The molecule has 1 fully saturated rings. The second-order valence-electron chi connectivity index (χ2n) is 4.72. The van der Waals surface area contributed by atoms with Crippen LogP contribution in [0.4, 0.5) is 17.5 Å². The summed E-state index contributed by atoms with van der Waals surface area (Å²) in [5.41, 5.74) is 3.83. The number of nitrogens with one attached hydrogen (secondary N) is 1. The third-order valence-corrected chi connectivity index (χ3v) is 3.01. The lowest BCUT2D eigenvalue weighted by Crippen LogP contribution is -2.64. The van der Waals surface area contributed by atoms with Gasteiger partial charge < -0.3 is 10.6 Å². The Balaban J connectivity index is 2.59. The third kappa shape index (κ3) is 2.11. The van der Waals surface area contributed by atoms with E-state index >= 15 is 0 Å². The highest BCUT2D eigenvalue weighted by Gasteiger charge is 2.44. The van der Waals surface area contributed by atoms with Crippen molar-refractivity contribution in [3.05, 3.63) is 16.3 Å². The monoisotopic (exact) mass is 280 g/mol. The van der Waals surface area contributed by atoms with Gasteiger partial charge in [0, 0.05) is 0 Å². The molecule has 2 amide bonds. The standard InChI is InChI=1S/C10H12N6O4/c1-10(2)8(18)13-6(17)4-15(10)7-5(16(19)20)3-12-9(11)14-7/h3H,4H2,1-2H3,(H2,11,12,14)(H,13,17,18). The number of anilines is 2. The van der Waals surface area contributed by atoms with Gasteiger partial charge >= 0.3 is 5.69 Å². The van der Waals surface area contributed by atoms with E-state index in [-0.39, 0.29) is 18.3 Å². The van der Waals surface area contributed by atoms with Gasteiger partial charge in [-0.05, 0) is 13.8 Å². The van der Waals surface area contributed by atoms with Crippen LogP contribution in [-0.2, 0) is 9.59 Å². The molecule has 20 heavy (non-hydrogen) atoms. The van der Waals surface area contributed by atoms with Crippen LogP contribution in [0.5, 0.6) is 0 Å². The van der Waals surface area contributed by atoms with Crippen LogP contribution in [0, 0.1) is 10.1 Å². The predicted molar refractivity (Wildman–Crippen MR) is 67.7 cm³/mol. The minimum atomic E-state index is -1.18. The fourth-order valence-electron chi connectivity index (χ4n) is 1.83. The van der Waals surface area contributed by atoms with Crippen molar-refractivity contribution in [1.29, 1.82) is 0 Å². The summed E-state index contributed by atoms with van der Waals surface area (Å²) >= 11 is 0. The Bertz CT molecular complexity index is 614. The molecule has 0 aromatic carbocycles. The first-order valence-corrected chi connectivity index (χ1v) is 5.62. The SMILES string of the molecule is CC1(C)C(=O)NC(=O)CN1c1nc(N)ncc1[N+](=O)[O-]. The molecule has 10 nitrogen and oxygen atoms in total. The number of nitrogen functional groups attached to an aromatic ring is 1. The maximum atomic E-state index is 11.9. The molecular weight excluding hydrogens is 268 g/mol. The van der Waals surface area contributed by atoms with Crippen molar-refractivity contribution in [2.24, 2.45) is 0 Å². The number of hydrogen-bond acceptors (Lipinski definition) is 8. The van der Waals surface area contributed by atoms with Crippen molar-refractivity contribution in [3.8, 4) is 0 Å². The van der Waals surface area contributed by atoms with Gasteiger partial charge in [0.05, 0.1) is 4.92 Å². The van der Waals surface area contributed by atoms with Gasteiger partial charge in [0.1, 0.15) is 18.3 Å². The molecule has 0 unspecified atom stereocenters.